The van der Waals surface area contributed by atoms with E-state index in [1.54, 1.807) is 0 Å². The normalized spacial score (nSPS) is 20.9. The third kappa shape index (κ3) is 3.88. The molecule has 1 aromatic carbocycles. The van der Waals surface area contributed by atoms with Crippen molar-refractivity contribution in [2.75, 3.05) is 13.1 Å². The van der Waals surface area contributed by atoms with Crippen LogP contribution in [0.2, 0.25) is 10.0 Å². The zero-order valence-electron chi connectivity index (χ0n) is 12.5. The lowest BCUT2D eigenvalue weighted by molar-refractivity contribution is 0.150. The minimum atomic E-state index is 0.340. The van der Waals surface area contributed by atoms with Crippen molar-refractivity contribution in [2.24, 2.45) is 0 Å². The van der Waals surface area contributed by atoms with E-state index in [9.17, 15) is 0 Å². The van der Waals surface area contributed by atoms with Gasteiger partial charge in [-0.05, 0) is 57.9 Å². The van der Waals surface area contributed by atoms with Crippen molar-refractivity contribution >= 4 is 23.2 Å². The van der Waals surface area contributed by atoms with Crippen molar-refractivity contribution in [3.05, 3.63) is 33.8 Å². The first kappa shape index (κ1) is 16.1. The van der Waals surface area contributed by atoms with Crippen LogP contribution < -0.4 is 5.32 Å². The summed E-state index contributed by atoms with van der Waals surface area (Å²) in [5, 5.41) is 4.84. The summed E-state index contributed by atoms with van der Waals surface area (Å²) in [6.45, 7) is 8.98. The van der Waals surface area contributed by atoms with Gasteiger partial charge in [0.15, 0.2) is 0 Å². The summed E-state index contributed by atoms with van der Waals surface area (Å²) in [6.07, 6.45) is 2.56. The molecule has 2 rings (SSSR count). The van der Waals surface area contributed by atoms with Crippen LogP contribution in [-0.2, 0) is 0 Å². The largest absolute Gasteiger partial charge is 0.313 e. The second-order valence-electron chi connectivity index (χ2n) is 5.93. The predicted octanol–water partition coefficient (Wildman–Crippen LogP) is 4.52. The van der Waals surface area contributed by atoms with Crippen LogP contribution in [-0.4, -0.2) is 30.1 Å². The summed E-state index contributed by atoms with van der Waals surface area (Å²) in [5.74, 6) is 0. The number of benzene rings is 1. The monoisotopic (exact) mass is 314 g/mol. The first-order chi connectivity index (χ1) is 9.49. The van der Waals surface area contributed by atoms with E-state index in [0.717, 1.165) is 13.1 Å². The molecule has 4 heteroatoms. The molecular formula is C16H24Cl2N2. The van der Waals surface area contributed by atoms with Crippen LogP contribution in [0.3, 0.4) is 0 Å². The maximum Gasteiger partial charge on any atom is 0.0595 e. The van der Waals surface area contributed by atoms with Crippen molar-refractivity contribution < 1.29 is 0 Å². The number of rotatable bonds is 5. The molecule has 20 heavy (non-hydrogen) atoms. The van der Waals surface area contributed by atoms with Crippen LogP contribution in [0.15, 0.2) is 18.2 Å². The molecule has 0 aromatic heterocycles. The molecule has 0 aliphatic carbocycles. The lowest BCUT2D eigenvalue weighted by atomic mass is 10.0. The number of hydrogen-bond acceptors (Lipinski definition) is 2. The number of nitrogens with one attached hydrogen (secondary N) is 1. The molecule has 0 radical (unpaired) electrons. The van der Waals surface area contributed by atoms with Crippen LogP contribution in [0.25, 0.3) is 0 Å². The van der Waals surface area contributed by atoms with Crippen molar-refractivity contribution in [3.8, 4) is 0 Å². The summed E-state index contributed by atoms with van der Waals surface area (Å²) in [4.78, 5) is 2.53. The van der Waals surface area contributed by atoms with Crippen molar-refractivity contribution in [1.29, 1.82) is 0 Å². The Bertz CT molecular complexity index is 442. The molecule has 1 heterocycles. The Hall–Kier alpha value is -0.280. The third-order valence-electron chi connectivity index (χ3n) is 4.18. The summed E-state index contributed by atoms with van der Waals surface area (Å²) in [6, 6.07) is 7.42. The molecule has 112 valence electrons. The molecule has 1 fully saturated rings. The number of hydrogen-bond donors (Lipinski definition) is 1. The lowest BCUT2D eigenvalue weighted by Gasteiger charge is -2.35. The minimum Gasteiger partial charge on any atom is -0.313 e. The van der Waals surface area contributed by atoms with E-state index in [1.165, 1.54) is 18.4 Å². The second kappa shape index (κ2) is 7.13. The van der Waals surface area contributed by atoms with E-state index in [1.807, 2.05) is 12.1 Å². The lowest BCUT2D eigenvalue weighted by Crippen LogP contribution is -2.42. The quantitative estimate of drug-likeness (QED) is 0.859. The molecule has 1 saturated heterocycles. The van der Waals surface area contributed by atoms with E-state index in [0.29, 0.717) is 28.2 Å². The van der Waals surface area contributed by atoms with Crippen molar-refractivity contribution in [2.45, 2.75) is 51.7 Å². The molecule has 0 spiro atoms. The fourth-order valence-electron chi connectivity index (χ4n) is 2.95. The van der Waals surface area contributed by atoms with Gasteiger partial charge in [0.2, 0.25) is 0 Å². The topological polar surface area (TPSA) is 15.3 Å². The van der Waals surface area contributed by atoms with E-state index in [4.69, 9.17) is 23.2 Å². The molecule has 1 aliphatic heterocycles. The number of nitrogens with zero attached hydrogens (tertiary/aromatic N) is 1. The Balaban J connectivity index is 2.12. The van der Waals surface area contributed by atoms with Crippen molar-refractivity contribution in [1.82, 2.24) is 10.2 Å². The SMILES string of the molecule is CC(C)N(CC1CCCN1)C(C)c1ccc(Cl)c(Cl)c1. The van der Waals surface area contributed by atoms with Gasteiger partial charge in [-0.1, -0.05) is 29.3 Å². The molecule has 0 bridgehead atoms. The highest BCUT2D eigenvalue weighted by molar-refractivity contribution is 6.42. The fourth-order valence-corrected chi connectivity index (χ4v) is 3.25. The smallest absolute Gasteiger partial charge is 0.0595 e. The maximum atomic E-state index is 6.15. The van der Waals surface area contributed by atoms with Gasteiger partial charge in [0.1, 0.15) is 0 Å². The third-order valence-corrected chi connectivity index (χ3v) is 4.92. The van der Waals surface area contributed by atoms with Crippen LogP contribution in [0.4, 0.5) is 0 Å². The highest BCUT2D eigenvalue weighted by Crippen LogP contribution is 2.29. The van der Waals surface area contributed by atoms with E-state index >= 15 is 0 Å². The number of halogens is 2. The average Bonchev–Trinajstić information content (AvgIpc) is 2.91. The first-order valence-electron chi connectivity index (χ1n) is 7.43. The average molecular weight is 315 g/mol. The second-order valence-corrected chi connectivity index (χ2v) is 6.75. The van der Waals surface area contributed by atoms with E-state index < -0.39 is 0 Å². The molecule has 1 aromatic rings. The minimum absolute atomic E-state index is 0.340. The Morgan fingerprint density at radius 3 is 2.55 bits per heavy atom. The molecule has 2 unspecified atom stereocenters. The van der Waals surface area contributed by atoms with Crippen LogP contribution in [0.1, 0.15) is 45.2 Å². The summed E-state index contributed by atoms with van der Waals surface area (Å²) < 4.78 is 0. The Labute approximate surface area is 132 Å². The van der Waals surface area contributed by atoms with Crippen LogP contribution in [0, 0.1) is 0 Å². The predicted molar refractivity (Wildman–Crippen MR) is 87.7 cm³/mol. The molecule has 0 amide bonds. The van der Waals surface area contributed by atoms with Gasteiger partial charge < -0.3 is 5.32 Å². The molecule has 0 saturated carbocycles. The van der Waals surface area contributed by atoms with Crippen LogP contribution in [0.5, 0.6) is 0 Å². The Kier molecular flexibility index (Phi) is 5.74. The van der Waals surface area contributed by atoms with Gasteiger partial charge in [-0.3, -0.25) is 4.90 Å². The highest BCUT2D eigenvalue weighted by Gasteiger charge is 2.24. The Morgan fingerprint density at radius 2 is 2.00 bits per heavy atom. The molecule has 2 nitrogen and oxygen atoms in total. The summed E-state index contributed by atoms with van der Waals surface area (Å²) in [7, 11) is 0. The standard InChI is InChI=1S/C16H24Cl2N2/c1-11(2)20(10-14-5-4-8-19-14)12(3)13-6-7-15(17)16(18)9-13/h6-7,9,11-12,14,19H,4-5,8,10H2,1-3H3. The van der Waals surface area contributed by atoms with Crippen LogP contribution >= 0.6 is 23.2 Å². The van der Waals surface area contributed by atoms with Gasteiger partial charge in [-0.25, -0.2) is 0 Å². The van der Waals surface area contributed by atoms with Gasteiger partial charge in [0.05, 0.1) is 10.0 Å². The maximum absolute atomic E-state index is 6.15. The summed E-state index contributed by atoms with van der Waals surface area (Å²) in [5.41, 5.74) is 1.23. The van der Waals surface area contributed by atoms with Crippen molar-refractivity contribution in [3.63, 3.8) is 0 Å². The van der Waals surface area contributed by atoms with Gasteiger partial charge in [-0.15, -0.1) is 0 Å². The van der Waals surface area contributed by atoms with E-state index in [-0.39, 0.29) is 0 Å². The zero-order valence-corrected chi connectivity index (χ0v) is 14.0. The molecular weight excluding hydrogens is 291 g/mol. The zero-order chi connectivity index (χ0) is 14.7. The molecule has 1 aliphatic rings. The van der Waals surface area contributed by atoms with Gasteiger partial charge in [0, 0.05) is 24.7 Å². The molecule has 1 N–H and O–H groups in total. The van der Waals surface area contributed by atoms with E-state index in [2.05, 4.69) is 37.1 Å². The van der Waals surface area contributed by atoms with Gasteiger partial charge >= 0.3 is 0 Å². The first-order valence-corrected chi connectivity index (χ1v) is 8.18. The highest BCUT2D eigenvalue weighted by atomic mass is 35.5. The van der Waals surface area contributed by atoms with Gasteiger partial charge in [0.25, 0.3) is 0 Å². The molecule has 2 atom stereocenters. The van der Waals surface area contributed by atoms with Gasteiger partial charge in [-0.2, -0.15) is 0 Å². The Morgan fingerprint density at radius 1 is 1.25 bits per heavy atom. The summed E-state index contributed by atoms with van der Waals surface area (Å²) >= 11 is 12.2. The fraction of sp³-hybridized carbons (Fsp3) is 0.625.